The molecule has 0 spiro atoms. The molecule has 0 saturated carbocycles. The molecular formula is C16H15N5S. The van der Waals surface area contributed by atoms with E-state index in [1.807, 2.05) is 30.3 Å². The summed E-state index contributed by atoms with van der Waals surface area (Å²) in [6.45, 7) is 2.13. The molecule has 1 aromatic carbocycles. The maximum absolute atomic E-state index is 5.23. The number of benzene rings is 1. The Morgan fingerprint density at radius 3 is 2.73 bits per heavy atom. The molecule has 0 radical (unpaired) electrons. The summed E-state index contributed by atoms with van der Waals surface area (Å²) in [5.41, 5.74) is 3.02. The molecule has 2 heterocycles. The van der Waals surface area contributed by atoms with Gasteiger partial charge in [-0.3, -0.25) is 4.98 Å². The first-order chi connectivity index (χ1) is 10.8. The first-order valence-corrected chi connectivity index (χ1v) is 7.41. The Morgan fingerprint density at radius 1 is 1.23 bits per heavy atom. The summed E-state index contributed by atoms with van der Waals surface area (Å²) in [7, 11) is 0. The SMILES string of the molecule is CCc1ccc(C=Nn2c(-c3ccccn3)n[nH]c2=S)cc1. The maximum atomic E-state index is 5.23. The molecule has 0 aliphatic carbocycles. The molecule has 0 aliphatic rings. The van der Waals surface area contributed by atoms with Gasteiger partial charge in [-0.25, -0.2) is 5.10 Å². The van der Waals surface area contributed by atoms with Crippen LogP contribution in [0.3, 0.4) is 0 Å². The lowest BCUT2D eigenvalue weighted by molar-refractivity contribution is 0.867. The fourth-order valence-electron chi connectivity index (χ4n) is 2.02. The number of aromatic amines is 1. The Balaban J connectivity index is 1.93. The van der Waals surface area contributed by atoms with Crippen molar-refractivity contribution in [1.29, 1.82) is 0 Å². The molecule has 0 atom stereocenters. The Labute approximate surface area is 133 Å². The normalized spacial score (nSPS) is 11.1. The number of pyridine rings is 1. The van der Waals surface area contributed by atoms with Crippen LogP contribution in [0.4, 0.5) is 0 Å². The van der Waals surface area contributed by atoms with Crippen LogP contribution in [0, 0.1) is 4.77 Å². The lowest BCUT2D eigenvalue weighted by atomic mass is 10.1. The van der Waals surface area contributed by atoms with E-state index < -0.39 is 0 Å². The minimum atomic E-state index is 0.432. The van der Waals surface area contributed by atoms with Crippen LogP contribution in [-0.4, -0.2) is 26.1 Å². The Bertz CT molecular complexity index is 831. The van der Waals surface area contributed by atoms with Crippen molar-refractivity contribution < 1.29 is 0 Å². The van der Waals surface area contributed by atoms with Gasteiger partial charge in [0.25, 0.3) is 0 Å². The number of rotatable bonds is 4. The van der Waals surface area contributed by atoms with Crippen molar-refractivity contribution in [2.24, 2.45) is 5.10 Å². The first kappa shape index (κ1) is 14.3. The monoisotopic (exact) mass is 309 g/mol. The third-order valence-electron chi connectivity index (χ3n) is 3.25. The fraction of sp³-hybridized carbons (Fsp3) is 0.125. The topological polar surface area (TPSA) is 58.9 Å². The number of H-pyrrole nitrogens is 1. The summed E-state index contributed by atoms with van der Waals surface area (Å²) in [5.74, 6) is 0.590. The van der Waals surface area contributed by atoms with Crippen LogP contribution in [0.2, 0.25) is 0 Å². The molecule has 1 N–H and O–H groups in total. The van der Waals surface area contributed by atoms with Crippen LogP contribution in [0.1, 0.15) is 18.1 Å². The fourth-order valence-corrected chi connectivity index (χ4v) is 2.20. The van der Waals surface area contributed by atoms with E-state index in [1.165, 1.54) is 5.56 Å². The molecule has 0 amide bonds. The molecule has 6 heteroatoms. The van der Waals surface area contributed by atoms with Gasteiger partial charge in [-0.1, -0.05) is 37.3 Å². The summed E-state index contributed by atoms with van der Waals surface area (Å²) in [6, 6.07) is 13.9. The van der Waals surface area contributed by atoms with E-state index in [0.717, 1.165) is 12.0 Å². The lowest BCUT2D eigenvalue weighted by Crippen LogP contribution is -1.96. The molecule has 2 aromatic heterocycles. The highest BCUT2D eigenvalue weighted by atomic mass is 32.1. The minimum Gasteiger partial charge on any atom is -0.253 e. The number of hydrogen-bond donors (Lipinski definition) is 1. The highest BCUT2D eigenvalue weighted by Gasteiger charge is 2.08. The molecule has 0 bridgehead atoms. The van der Waals surface area contributed by atoms with E-state index in [2.05, 4.69) is 39.3 Å². The van der Waals surface area contributed by atoms with Gasteiger partial charge in [-0.15, -0.1) is 0 Å². The molecule has 0 fully saturated rings. The molecule has 0 aliphatic heterocycles. The van der Waals surface area contributed by atoms with Crippen LogP contribution in [0.25, 0.3) is 11.5 Å². The largest absolute Gasteiger partial charge is 0.253 e. The van der Waals surface area contributed by atoms with Crippen LogP contribution >= 0.6 is 12.2 Å². The van der Waals surface area contributed by atoms with Gasteiger partial charge in [0.15, 0.2) is 0 Å². The average Bonchev–Trinajstić information content (AvgIpc) is 2.95. The minimum absolute atomic E-state index is 0.432. The predicted molar refractivity (Wildman–Crippen MR) is 89.5 cm³/mol. The van der Waals surface area contributed by atoms with Gasteiger partial charge in [0.2, 0.25) is 10.6 Å². The molecule has 0 unspecified atom stereocenters. The Hall–Kier alpha value is -2.60. The molecule has 3 rings (SSSR count). The van der Waals surface area contributed by atoms with Crippen molar-refractivity contribution in [1.82, 2.24) is 19.9 Å². The van der Waals surface area contributed by atoms with Crippen molar-refractivity contribution >= 4 is 18.4 Å². The predicted octanol–water partition coefficient (Wildman–Crippen LogP) is 3.45. The number of hydrogen-bond acceptors (Lipinski definition) is 4. The van der Waals surface area contributed by atoms with Gasteiger partial charge >= 0.3 is 0 Å². The van der Waals surface area contributed by atoms with Gasteiger partial charge in [0.05, 0.1) is 6.21 Å². The van der Waals surface area contributed by atoms with Gasteiger partial charge < -0.3 is 0 Å². The third-order valence-corrected chi connectivity index (χ3v) is 3.52. The number of nitrogens with one attached hydrogen (secondary N) is 1. The van der Waals surface area contributed by atoms with Gasteiger partial charge in [-0.05, 0) is 41.9 Å². The van der Waals surface area contributed by atoms with Crippen LogP contribution in [0.15, 0.2) is 53.8 Å². The van der Waals surface area contributed by atoms with Gasteiger partial charge in [0, 0.05) is 6.20 Å². The molecule has 22 heavy (non-hydrogen) atoms. The van der Waals surface area contributed by atoms with E-state index >= 15 is 0 Å². The van der Waals surface area contributed by atoms with Crippen LogP contribution < -0.4 is 0 Å². The van der Waals surface area contributed by atoms with Gasteiger partial charge in [0.1, 0.15) is 5.69 Å². The summed E-state index contributed by atoms with van der Waals surface area (Å²) < 4.78 is 2.01. The third kappa shape index (κ3) is 3.01. The van der Waals surface area contributed by atoms with E-state index in [9.17, 15) is 0 Å². The molecular weight excluding hydrogens is 294 g/mol. The van der Waals surface area contributed by atoms with Crippen molar-refractivity contribution in [2.75, 3.05) is 0 Å². The van der Waals surface area contributed by atoms with Crippen LogP contribution in [-0.2, 0) is 6.42 Å². The van der Waals surface area contributed by atoms with E-state index in [0.29, 0.717) is 16.3 Å². The summed E-state index contributed by atoms with van der Waals surface area (Å²) in [4.78, 5) is 4.28. The smallest absolute Gasteiger partial charge is 0.216 e. The van der Waals surface area contributed by atoms with Crippen molar-refractivity contribution in [3.63, 3.8) is 0 Å². The molecule has 110 valence electrons. The van der Waals surface area contributed by atoms with Crippen molar-refractivity contribution in [3.8, 4) is 11.5 Å². The second-order valence-corrected chi connectivity index (χ2v) is 5.11. The van der Waals surface area contributed by atoms with E-state index in [-0.39, 0.29) is 0 Å². The van der Waals surface area contributed by atoms with E-state index in [4.69, 9.17) is 12.2 Å². The standard InChI is InChI=1S/C16H15N5S/c1-2-12-6-8-13(9-7-12)11-18-21-15(19-20-16(21)22)14-5-3-4-10-17-14/h3-11H,2H2,1H3,(H,20,22). The maximum Gasteiger partial charge on any atom is 0.216 e. The van der Waals surface area contributed by atoms with Gasteiger partial charge in [-0.2, -0.15) is 14.9 Å². The number of aryl methyl sites for hydroxylation is 1. The lowest BCUT2D eigenvalue weighted by Gasteiger charge is -2.00. The van der Waals surface area contributed by atoms with E-state index in [1.54, 1.807) is 17.1 Å². The zero-order valence-electron chi connectivity index (χ0n) is 12.1. The Kier molecular flexibility index (Phi) is 4.20. The molecule has 3 aromatic rings. The average molecular weight is 309 g/mol. The summed E-state index contributed by atoms with van der Waals surface area (Å²) in [5, 5.41) is 11.4. The first-order valence-electron chi connectivity index (χ1n) is 7.00. The zero-order chi connectivity index (χ0) is 15.4. The molecule has 0 saturated heterocycles. The summed E-state index contributed by atoms with van der Waals surface area (Å²) in [6.07, 6.45) is 4.50. The number of aromatic nitrogens is 4. The highest BCUT2D eigenvalue weighted by molar-refractivity contribution is 7.71. The Morgan fingerprint density at radius 2 is 2.05 bits per heavy atom. The van der Waals surface area contributed by atoms with Crippen LogP contribution in [0.5, 0.6) is 0 Å². The second-order valence-electron chi connectivity index (χ2n) is 4.72. The molecule has 5 nitrogen and oxygen atoms in total. The number of nitrogens with zero attached hydrogens (tertiary/aromatic N) is 4. The summed E-state index contributed by atoms with van der Waals surface area (Å²) >= 11 is 5.23. The second kappa shape index (κ2) is 6.44. The quantitative estimate of drug-likeness (QED) is 0.593. The zero-order valence-corrected chi connectivity index (χ0v) is 12.9. The van der Waals surface area contributed by atoms with Crippen molar-refractivity contribution in [3.05, 3.63) is 64.6 Å². The highest BCUT2D eigenvalue weighted by Crippen LogP contribution is 2.13. The van der Waals surface area contributed by atoms with Crippen molar-refractivity contribution in [2.45, 2.75) is 13.3 Å².